The molecular weight excluding hydrogens is 424 g/mol. The number of fused-ring (bicyclic) bond motifs is 2. The summed E-state index contributed by atoms with van der Waals surface area (Å²) in [6, 6.07) is 0. The van der Waals surface area contributed by atoms with Crippen molar-refractivity contribution >= 4 is 17.7 Å². The highest BCUT2D eigenvalue weighted by Gasteiger charge is 2.84. The van der Waals surface area contributed by atoms with E-state index in [1.165, 1.54) is 6.92 Å². The third-order valence-electron chi connectivity index (χ3n) is 9.25. The summed E-state index contributed by atoms with van der Waals surface area (Å²) in [4.78, 5) is 37.4. The molecule has 3 fully saturated rings. The molecule has 7 heteroatoms. The van der Waals surface area contributed by atoms with Crippen LogP contribution < -0.4 is 0 Å². The van der Waals surface area contributed by atoms with Gasteiger partial charge in [0.2, 0.25) is 0 Å². The molecule has 0 aliphatic heterocycles. The molecule has 1 spiro atoms. The topological polar surface area (TPSA) is 110 Å². The first kappa shape index (κ1) is 24.1. The lowest BCUT2D eigenvalue weighted by molar-refractivity contribution is -0.364. The number of ketones is 1. The number of aliphatic hydroxyl groups is 2. The molecule has 0 aromatic rings. The second kappa shape index (κ2) is 7.01. The van der Waals surface area contributed by atoms with E-state index >= 15 is 0 Å². The molecule has 3 saturated carbocycles. The molecule has 5 rings (SSSR count). The Morgan fingerprint density at radius 3 is 2.42 bits per heavy atom. The highest BCUT2D eigenvalue weighted by atomic mass is 16.6. The molecule has 6 unspecified atom stereocenters. The fourth-order valence-corrected chi connectivity index (χ4v) is 7.36. The van der Waals surface area contributed by atoms with Gasteiger partial charge in [-0.3, -0.25) is 14.4 Å². The van der Waals surface area contributed by atoms with Crippen LogP contribution in [0.2, 0.25) is 0 Å². The fraction of sp³-hybridized carbons (Fsp3) is 0.731. The molecule has 6 atom stereocenters. The van der Waals surface area contributed by atoms with Gasteiger partial charge in [-0.2, -0.15) is 0 Å². The van der Waals surface area contributed by atoms with Crippen molar-refractivity contribution < 1.29 is 34.1 Å². The molecule has 0 radical (unpaired) electrons. The van der Waals surface area contributed by atoms with Crippen molar-refractivity contribution in [3.8, 4) is 0 Å². The summed E-state index contributed by atoms with van der Waals surface area (Å²) in [6.45, 7) is 12.4. The number of carbonyl (C=O) groups is 3. The average molecular weight is 461 g/mol. The summed E-state index contributed by atoms with van der Waals surface area (Å²) in [5.74, 6) is -2.62. The Bertz CT molecular complexity index is 991. The van der Waals surface area contributed by atoms with Crippen LogP contribution in [0.4, 0.5) is 0 Å². The van der Waals surface area contributed by atoms with Gasteiger partial charge < -0.3 is 19.7 Å². The Balaban J connectivity index is 1.89. The van der Waals surface area contributed by atoms with Crippen LogP contribution in [0.1, 0.15) is 67.7 Å². The average Bonchev–Trinajstić information content (AvgIpc) is 2.87. The molecule has 2 bridgehead atoms. The Labute approximate surface area is 195 Å². The van der Waals surface area contributed by atoms with Gasteiger partial charge in [-0.05, 0) is 30.4 Å². The second-order valence-corrected chi connectivity index (χ2v) is 11.6. The number of hydrogen-bond acceptors (Lipinski definition) is 7. The van der Waals surface area contributed by atoms with E-state index in [4.69, 9.17) is 9.47 Å². The molecule has 33 heavy (non-hydrogen) atoms. The summed E-state index contributed by atoms with van der Waals surface area (Å²) < 4.78 is 11.4. The third kappa shape index (κ3) is 2.78. The number of rotatable bonds is 4. The minimum Gasteiger partial charge on any atom is -0.461 e. The van der Waals surface area contributed by atoms with Crippen molar-refractivity contribution in [2.45, 2.75) is 84.5 Å². The van der Waals surface area contributed by atoms with Crippen LogP contribution in [-0.4, -0.2) is 51.3 Å². The van der Waals surface area contributed by atoms with Crippen molar-refractivity contribution in [3.05, 3.63) is 23.3 Å². The molecular formula is C26H36O7. The molecule has 182 valence electrons. The standard InChI is InChI=1S/C26H36O7/c1-14(2)21(29)33-24-9-16(4)26(31)19-8-15(3)20(28)25(19,30)11-18(12-32-17(5)27)10-23(26,13-24)22(24,6)7/h8,10,14,16,19,30-31H,9,11-13H2,1-7H3. The summed E-state index contributed by atoms with van der Waals surface area (Å²) in [5, 5.41) is 24.3. The number of esters is 2. The van der Waals surface area contributed by atoms with Gasteiger partial charge >= 0.3 is 11.9 Å². The zero-order chi connectivity index (χ0) is 24.8. The number of Topliss-reactive ketones (excluding diaryl/α,β-unsaturated/α-hetero) is 1. The van der Waals surface area contributed by atoms with Gasteiger partial charge in [-0.1, -0.05) is 46.8 Å². The smallest absolute Gasteiger partial charge is 0.308 e. The van der Waals surface area contributed by atoms with Crippen molar-refractivity contribution in [1.82, 2.24) is 0 Å². The fourth-order valence-electron chi connectivity index (χ4n) is 7.36. The van der Waals surface area contributed by atoms with Crippen LogP contribution in [0.25, 0.3) is 0 Å². The molecule has 0 aromatic carbocycles. The monoisotopic (exact) mass is 460 g/mol. The first-order chi connectivity index (χ1) is 15.1. The van der Waals surface area contributed by atoms with Crippen LogP contribution >= 0.6 is 0 Å². The van der Waals surface area contributed by atoms with Crippen LogP contribution in [0.15, 0.2) is 23.3 Å². The van der Waals surface area contributed by atoms with E-state index in [9.17, 15) is 24.6 Å². The lowest BCUT2D eigenvalue weighted by Gasteiger charge is -2.78. The lowest BCUT2D eigenvalue weighted by atomic mass is 9.29. The van der Waals surface area contributed by atoms with Gasteiger partial charge in [0, 0.05) is 36.5 Å². The molecule has 0 amide bonds. The second-order valence-electron chi connectivity index (χ2n) is 11.6. The SMILES string of the molecule is CC(=O)OCC1=CC23CC(OC(=O)C(C)C)(CC(C)C2(O)C2C=C(C)C(=O)C2(O)C1)C3(C)C. The Morgan fingerprint density at radius 1 is 1.24 bits per heavy atom. The van der Waals surface area contributed by atoms with Crippen molar-refractivity contribution in [2.24, 2.45) is 28.6 Å². The minimum absolute atomic E-state index is 0.0245. The van der Waals surface area contributed by atoms with Gasteiger partial charge in [0.05, 0.1) is 11.5 Å². The molecule has 0 aromatic heterocycles. The molecule has 2 N–H and O–H groups in total. The summed E-state index contributed by atoms with van der Waals surface area (Å²) in [7, 11) is 0. The molecule has 7 nitrogen and oxygen atoms in total. The van der Waals surface area contributed by atoms with Crippen molar-refractivity contribution in [2.75, 3.05) is 6.61 Å². The maximum absolute atomic E-state index is 13.1. The lowest BCUT2D eigenvalue weighted by Crippen LogP contribution is -2.83. The first-order valence-corrected chi connectivity index (χ1v) is 11.8. The van der Waals surface area contributed by atoms with E-state index in [1.54, 1.807) is 26.8 Å². The summed E-state index contributed by atoms with van der Waals surface area (Å²) in [5.41, 5.74) is -4.60. The number of ether oxygens (including phenoxy) is 2. The predicted octanol–water partition coefficient (Wildman–Crippen LogP) is 2.88. The highest BCUT2D eigenvalue weighted by Crippen LogP contribution is 2.79. The van der Waals surface area contributed by atoms with Gasteiger partial charge in [-0.25, -0.2) is 0 Å². The zero-order valence-electron chi connectivity index (χ0n) is 20.7. The highest BCUT2D eigenvalue weighted by molar-refractivity contribution is 6.05. The molecule has 5 aliphatic carbocycles. The minimum atomic E-state index is -1.82. The Kier molecular flexibility index (Phi) is 5.13. The van der Waals surface area contributed by atoms with E-state index in [2.05, 4.69) is 0 Å². The predicted molar refractivity (Wildman–Crippen MR) is 120 cm³/mol. The maximum atomic E-state index is 13.1. The molecule has 0 heterocycles. The summed E-state index contributed by atoms with van der Waals surface area (Å²) in [6.07, 6.45) is 4.41. The van der Waals surface area contributed by atoms with E-state index in [0.717, 1.165) is 0 Å². The van der Waals surface area contributed by atoms with E-state index in [0.29, 0.717) is 24.0 Å². The van der Waals surface area contributed by atoms with Crippen LogP contribution in [0.5, 0.6) is 0 Å². The number of carbonyl (C=O) groups excluding carboxylic acids is 3. The van der Waals surface area contributed by atoms with Crippen molar-refractivity contribution in [3.63, 3.8) is 0 Å². The summed E-state index contributed by atoms with van der Waals surface area (Å²) >= 11 is 0. The van der Waals surface area contributed by atoms with Crippen LogP contribution in [0.3, 0.4) is 0 Å². The first-order valence-electron chi connectivity index (χ1n) is 11.8. The quantitative estimate of drug-likeness (QED) is 0.490. The number of hydrogen-bond donors (Lipinski definition) is 2. The normalized spacial score (nSPS) is 42.9. The molecule has 5 aliphatic rings. The molecule has 0 saturated heterocycles. The van der Waals surface area contributed by atoms with Gasteiger partial charge in [-0.15, -0.1) is 0 Å². The van der Waals surface area contributed by atoms with Crippen LogP contribution in [0, 0.1) is 28.6 Å². The van der Waals surface area contributed by atoms with Gasteiger partial charge in [0.15, 0.2) is 5.78 Å². The van der Waals surface area contributed by atoms with Gasteiger partial charge in [0.1, 0.15) is 17.8 Å². The Hall–Kier alpha value is -1.99. The van der Waals surface area contributed by atoms with Crippen molar-refractivity contribution in [1.29, 1.82) is 0 Å². The van der Waals surface area contributed by atoms with Gasteiger partial charge in [0.25, 0.3) is 0 Å². The van der Waals surface area contributed by atoms with E-state index in [1.807, 2.05) is 26.8 Å². The zero-order valence-corrected chi connectivity index (χ0v) is 20.7. The largest absolute Gasteiger partial charge is 0.461 e. The Morgan fingerprint density at radius 2 is 1.88 bits per heavy atom. The third-order valence-corrected chi connectivity index (χ3v) is 9.25. The van der Waals surface area contributed by atoms with E-state index < -0.39 is 45.3 Å². The van der Waals surface area contributed by atoms with Crippen LogP contribution in [-0.2, 0) is 23.9 Å². The maximum Gasteiger partial charge on any atom is 0.308 e. The van der Waals surface area contributed by atoms with E-state index in [-0.39, 0.29) is 30.8 Å².